The van der Waals surface area contributed by atoms with Gasteiger partial charge in [0.05, 0.1) is 11.4 Å². The molecule has 0 N–H and O–H groups in total. The molecule has 4 aromatic rings. The lowest BCUT2D eigenvalue weighted by molar-refractivity contribution is 0.383. The van der Waals surface area contributed by atoms with Crippen molar-refractivity contribution in [3.05, 3.63) is 89.7 Å². The van der Waals surface area contributed by atoms with Crippen molar-refractivity contribution in [3.8, 4) is 11.3 Å². The molecule has 0 atom stereocenters. The van der Waals surface area contributed by atoms with E-state index in [-0.39, 0.29) is 17.4 Å². The summed E-state index contributed by atoms with van der Waals surface area (Å²) in [6.07, 6.45) is 0.480. The summed E-state index contributed by atoms with van der Waals surface area (Å²) in [4.78, 5) is 4.18. The Hall–Kier alpha value is -3.26. The highest BCUT2D eigenvalue weighted by Crippen LogP contribution is 2.21. The molecule has 0 amide bonds. The fourth-order valence-corrected chi connectivity index (χ4v) is 3.96. The van der Waals surface area contributed by atoms with Gasteiger partial charge in [-0.3, -0.25) is 0 Å². The van der Waals surface area contributed by atoms with Gasteiger partial charge in [0.15, 0.2) is 21.4 Å². The van der Waals surface area contributed by atoms with Crippen molar-refractivity contribution in [1.29, 1.82) is 0 Å². The summed E-state index contributed by atoms with van der Waals surface area (Å²) < 4.78 is 35.3. The van der Waals surface area contributed by atoms with Gasteiger partial charge in [-0.1, -0.05) is 71.0 Å². The second-order valence-corrected chi connectivity index (χ2v) is 8.41. The lowest BCUT2D eigenvalue weighted by atomic mass is 10.1. The zero-order valence-electron chi connectivity index (χ0n) is 14.9. The van der Waals surface area contributed by atoms with Gasteiger partial charge in [0, 0.05) is 18.1 Å². The molecule has 8 heteroatoms. The zero-order chi connectivity index (χ0) is 19.4. The van der Waals surface area contributed by atoms with Crippen LogP contribution in [0.5, 0.6) is 0 Å². The summed E-state index contributed by atoms with van der Waals surface area (Å²) in [5.74, 6) is 0.429. The SMILES string of the molecule is O=S(=O)(Cc1cc(-c2ccccc2)on1)Cc1nc(Cc2ccccc2)no1. The molecule has 28 heavy (non-hydrogen) atoms. The van der Waals surface area contributed by atoms with Crippen LogP contribution in [0.15, 0.2) is 75.8 Å². The Morgan fingerprint density at radius 2 is 1.54 bits per heavy atom. The third kappa shape index (κ3) is 4.52. The average molecular weight is 395 g/mol. The predicted molar refractivity (Wildman–Crippen MR) is 102 cm³/mol. The van der Waals surface area contributed by atoms with E-state index in [1.165, 1.54) is 0 Å². The molecule has 0 aliphatic rings. The van der Waals surface area contributed by atoms with Crippen molar-refractivity contribution in [1.82, 2.24) is 15.3 Å². The maximum Gasteiger partial charge on any atom is 0.241 e. The van der Waals surface area contributed by atoms with Crippen molar-refractivity contribution in [2.45, 2.75) is 17.9 Å². The molecule has 0 unspecified atom stereocenters. The number of hydrogen-bond donors (Lipinski definition) is 0. The van der Waals surface area contributed by atoms with E-state index < -0.39 is 9.84 Å². The van der Waals surface area contributed by atoms with Crippen LogP contribution in [0.25, 0.3) is 11.3 Å². The standard InChI is InChI=1S/C20H17N3O4S/c24-28(25,13-17-12-18(26-22-17)16-9-5-2-6-10-16)14-20-21-19(23-27-20)11-15-7-3-1-4-8-15/h1-10,12H,11,13-14H2. The van der Waals surface area contributed by atoms with Crippen LogP contribution in [0.1, 0.15) is 23.0 Å². The Kier molecular flexibility index (Phi) is 5.03. The van der Waals surface area contributed by atoms with Crippen LogP contribution in [-0.2, 0) is 27.8 Å². The van der Waals surface area contributed by atoms with E-state index >= 15 is 0 Å². The van der Waals surface area contributed by atoms with Crippen LogP contribution < -0.4 is 0 Å². The van der Waals surface area contributed by atoms with Gasteiger partial charge in [-0.05, 0) is 5.56 Å². The molecule has 0 radical (unpaired) electrons. The van der Waals surface area contributed by atoms with E-state index in [0.29, 0.717) is 23.7 Å². The van der Waals surface area contributed by atoms with E-state index in [9.17, 15) is 8.42 Å². The van der Waals surface area contributed by atoms with E-state index in [1.54, 1.807) is 6.07 Å². The normalized spacial score (nSPS) is 11.6. The van der Waals surface area contributed by atoms with E-state index in [1.807, 2.05) is 60.7 Å². The molecule has 142 valence electrons. The maximum absolute atomic E-state index is 12.5. The van der Waals surface area contributed by atoms with Gasteiger partial charge >= 0.3 is 0 Å². The van der Waals surface area contributed by atoms with E-state index in [2.05, 4.69) is 15.3 Å². The molecule has 0 aliphatic carbocycles. The highest BCUT2D eigenvalue weighted by molar-refractivity contribution is 7.89. The Morgan fingerprint density at radius 3 is 2.29 bits per heavy atom. The smallest absolute Gasteiger partial charge is 0.241 e. The predicted octanol–water partition coefficient (Wildman–Crippen LogP) is 3.43. The molecular weight excluding hydrogens is 378 g/mol. The summed E-state index contributed by atoms with van der Waals surface area (Å²) in [5.41, 5.74) is 2.19. The largest absolute Gasteiger partial charge is 0.356 e. The molecule has 0 spiro atoms. The Balaban J connectivity index is 1.42. The van der Waals surface area contributed by atoms with Crippen molar-refractivity contribution < 1.29 is 17.5 Å². The average Bonchev–Trinajstić information content (AvgIpc) is 3.32. The van der Waals surface area contributed by atoms with Crippen LogP contribution in [0.4, 0.5) is 0 Å². The van der Waals surface area contributed by atoms with Gasteiger partial charge in [-0.2, -0.15) is 4.98 Å². The van der Waals surface area contributed by atoms with Gasteiger partial charge in [-0.15, -0.1) is 0 Å². The minimum absolute atomic E-state index is 0.0673. The number of hydrogen-bond acceptors (Lipinski definition) is 7. The number of aromatic nitrogens is 3. The number of nitrogens with zero attached hydrogens (tertiary/aromatic N) is 3. The molecule has 0 saturated carbocycles. The first kappa shape index (κ1) is 18.1. The van der Waals surface area contributed by atoms with Gasteiger partial charge in [0.25, 0.3) is 0 Å². The van der Waals surface area contributed by atoms with Crippen LogP contribution >= 0.6 is 0 Å². The molecule has 4 rings (SSSR count). The molecular formula is C20H17N3O4S. The van der Waals surface area contributed by atoms with Crippen LogP contribution in [-0.4, -0.2) is 23.7 Å². The van der Waals surface area contributed by atoms with Gasteiger partial charge in [-0.25, -0.2) is 8.42 Å². The lowest BCUT2D eigenvalue weighted by Gasteiger charge is -1.97. The number of benzene rings is 2. The van der Waals surface area contributed by atoms with Gasteiger partial charge < -0.3 is 9.05 Å². The minimum atomic E-state index is -3.53. The summed E-state index contributed by atoms with van der Waals surface area (Å²) in [6, 6.07) is 20.6. The van der Waals surface area contributed by atoms with Gasteiger partial charge in [0.2, 0.25) is 5.89 Å². The summed E-state index contributed by atoms with van der Waals surface area (Å²) in [7, 11) is -3.53. The van der Waals surface area contributed by atoms with Crippen LogP contribution in [0.2, 0.25) is 0 Å². The third-order valence-corrected chi connectivity index (χ3v) is 5.47. The Labute approximate surface area is 161 Å². The molecule has 0 saturated heterocycles. The molecule has 2 aromatic heterocycles. The quantitative estimate of drug-likeness (QED) is 0.473. The summed E-state index contributed by atoms with van der Waals surface area (Å²) in [5, 5.41) is 7.72. The molecule has 2 aromatic carbocycles. The minimum Gasteiger partial charge on any atom is -0.356 e. The summed E-state index contributed by atoms with van der Waals surface area (Å²) in [6.45, 7) is 0. The molecule has 0 bridgehead atoms. The summed E-state index contributed by atoms with van der Waals surface area (Å²) >= 11 is 0. The zero-order valence-corrected chi connectivity index (χ0v) is 15.7. The monoisotopic (exact) mass is 395 g/mol. The Bertz CT molecular complexity index is 1150. The number of rotatable bonds is 7. The van der Waals surface area contributed by atoms with Crippen LogP contribution in [0.3, 0.4) is 0 Å². The highest BCUT2D eigenvalue weighted by Gasteiger charge is 2.20. The Morgan fingerprint density at radius 1 is 0.821 bits per heavy atom. The number of sulfone groups is 1. The second-order valence-electron chi connectivity index (χ2n) is 6.35. The van der Waals surface area contributed by atoms with Crippen molar-refractivity contribution in [2.24, 2.45) is 0 Å². The maximum atomic E-state index is 12.5. The fourth-order valence-electron chi connectivity index (χ4n) is 2.78. The first-order valence-electron chi connectivity index (χ1n) is 8.64. The first-order valence-corrected chi connectivity index (χ1v) is 10.5. The molecule has 2 heterocycles. The second kappa shape index (κ2) is 7.77. The van der Waals surface area contributed by atoms with Crippen LogP contribution in [0, 0.1) is 0 Å². The third-order valence-electron chi connectivity index (χ3n) is 4.04. The topological polar surface area (TPSA) is 99.1 Å². The fraction of sp³-hybridized carbons (Fsp3) is 0.150. The van der Waals surface area contributed by atoms with E-state index in [0.717, 1.165) is 11.1 Å². The highest BCUT2D eigenvalue weighted by atomic mass is 32.2. The van der Waals surface area contributed by atoms with Crippen molar-refractivity contribution in [2.75, 3.05) is 0 Å². The molecule has 7 nitrogen and oxygen atoms in total. The van der Waals surface area contributed by atoms with Gasteiger partial charge in [0.1, 0.15) is 5.75 Å². The van der Waals surface area contributed by atoms with Crippen molar-refractivity contribution in [3.63, 3.8) is 0 Å². The lowest BCUT2D eigenvalue weighted by Crippen LogP contribution is -2.08. The van der Waals surface area contributed by atoms with Crippen molar-refractivity contribution >= 4 is 9.84 Å². The van der Waals surface area contributed by atoms with E-state index in [4.69, 9.17) is 9.05 Å². The first-order chi connectivity index (χ1) is 13.6. The molecule has 0 aliphatic heterocycles. The molecule has 0 fully saturated rings.